The summed E-state index contributed by atoms with van der Waals surface area (Å²) in [4.78, 5) is 12.1. The molecule has 0 aromatic heterocycles. The van der Waals surface area contributed by atoms with Crippen molar-refractivity contribution in [1.29, 1.82) is 0 Å². The van der Waals surface area contributed by atoms with E-state index in [0.717, 1.165) is 12.8 Å². The van der Waals surface area contributed by atoms with Crippen molar-refractivity contribution in [2.45, 2.75) is 52.0 Å². The lowest BCUT2D eigenvalue weighted by Crippen LogP contribution is -2.33. The highest BCUT2D eigenvalue weighted by Crippen LogP contribution is 2.24. The van der Waals surface area contributed by atoms with Gasteiger partial charge in [-0.3, -0.25) is 4.79 Å². The minimum absolute atomic E-state index is 0.111. The first kappa shape index (κ1) is 13.1. The number of carbonyl (C=O) groups is 1. The highest BCUT2D eigenvalue weighted by molar-refractivity contribution is 5.79. The molecule has 1 amide bonds. The van der Waals surface area contributed by atoms with E-state index in [-0.39, 0.29) is 17.9 Å². The third-order valence-electron chi connectivity index (χ3n) is 3.91. The minimum Gasteiger partial charge on any atom is -0.349 e. The molecule has 2 rings (SSSR count). The molecule has 0 bridgehead atoms. The van der Waals surface area contributed by atoms with E-state index >= 15 is 0 Å². The predicted octanol–water partition coefficient (Wildman–Crippen LogP) is 3.75. The Hall–Kier alpha value is -1.31. The van der Waals surface area contributed by atoms with Gasteiger partial charge in [0.15, 0.2) is 0 Å². The van der Waals surface area contributed by atoms with Gasteiger partial charge in [0.2, 0.25) is 5.91 Å². The summed E-state index contributed by atoms with van der Waals surface area (Å²) in [6.45, 7) is 4.14. The molecule has 1 atom stereocenters. The average Bonchev–Trinajstić information content (AvgIpc) is 2.40. The van der Waals surface area contributed by atoms with Crippen molar-refractivity contribution in [1.82, 2.24) is 5.32 Å². The first-order chi connectivity index (χ1) is 8.66. The van der Waals surface area contributed by atoms with Gasteiger partial charge < -0.3 is 5.32 Å². The second-order valence-electron chi connectivity index (χ2n) is 5.48. The predicted molar refractivity (Wildman–Crippen MR) is 74.3 cm³/mol. The van der Waals surface area contributed by atoms with E-state index in [0.29, 0.717) is 0 Å². The Bertz CT molecular complexity index is 390. The molecule has 1 saturated carbocycles. The number of carbonyl (C=O) groups excluding carboxylic acids is 1. The van der Waals surface area contributed by atoms with Crippen molar-refractivity contribution < 1.29 is 4.79 Å². The molecule has 18 heavy (non-hydrogen) atoms. The lowest BCUT2D eigenvalue weighted by molar-refractivity contribution is -0.126. The number of hydrogen-bond acceptors (Lipinski definition) is 1. The van der Waals surface area contributed by atoms with E-state index < -0.39 is 0 Å². The molecular formula is C16H23NO. The standard InChI is InChI=1S/C16H23NO/c1-12-8-10-14(11-9-12)13(2)17-16(18)15-6-4-3-5-7-15/h8-11,13,15H,3-7H2,1-2H3,(H,17,18)/t13-/m1/s1. The summed E-state index contributed by atoms with van der Waals surface area (Å²) in [5.74, 6) is 0.481. The van der Waals surface area contributed by atoms with Gasteiger partial charge in [0.25, 0.3) is 0 Å². The summed E-state index contributed by atoms with van der Waals surface area (Å²) in [6.07, 6.45) is 5.82. The second-order valence-corrected chi connectivity index (χ2v) is 5.48. The molecule has 0 spiro atoms. The maximum atomic E-state index is 12.1. The van der Waals surface area contributed by atoms with Gasteiger partial charge in [0, 0.05) is 5.92 Å². The van der Waals surface area contributed by atoms with Gasteiger partial charge in [-0.25, -0.2) is 0 Å². The molecule has 1 N–H and O–H groups in total. The van der Waals surface area contributed by atoms with Crippen molar-refractivity contribution in [2.24, 2.45) is 5.92 Å². The number of amides is 1. The van der Waals surface area contributed by atoms with Crippen LogP contribution < -0.4 is 5.32 Å². The van der Waals surface area contributed by atoms with Crippen LogP contribution in [0.1, 0.15) is 56.2 Å². The molecule has 0 radical (unpaired) electrons. The van der Waals surface area contributed by atoms with Crippen molar-refractivity contribution in [3.05, 3.63) is 35.4 Å². The molecule has 98 valence electrons. The van der Waals surface area contributed by atoms with Gasteiger partial charge in [-0.05, 0) is 32.3 Å². The smallest absolute Gasteiger partial charge is 0.223 e. The summed E-state index contributed by atoms with van der Waals surface area (Å²) in [5.41, 5.74) is 2.44. The molecule has 0 aliphatic heterocycles. The molecule has 1 aliphatic carbocycles. The maximum absolute atomic E-state index is 12.1. The van der Waals surface area contributed by atoms with E-state index in [2.05, 4.69) is 43.4 Å². The Morgan fingerprint density at radius 3 is 2.39 bits per heavy atom. The zero-order valence-electron chi connectivity index (χ0n) is 11.4. The molecule has 1 aliphatic rings. The van der Waals surface area contributed by atoms with Gasteiger partial charge >= 0.3 is 0 Å². The highest BCUT2D eigenvalue weighted by atomic mass is 16.1. The highest BCUT2D eigenvalue weighted by Gasteiger charge is 2.22. The summed E-state index contributed by atoms with van der Waals surface area (Å²) >= 11 is 0. The maximum Gasteiger partial charge on any atom is 0.223 e. The normalized spacial score (nSPS) is 18.3. The third-order valence-corrected chi connectivity index (χ3v) is 3.91. The fourth-order valence-corrected chi connectivity index (χ4v) is 2.63. The first-order valence-corrected chi connectivity index (χ1v) is 7.04. The van der Waals surface area contributed by atoms with E-state index in [1.165, 1.54) is 30.4 Å². The SMILES string of the molecule is Cc1ccc([C@@H](C)NC(=O)C2CCCCC2)cc1. The van der Waals surface area contributed by atoms with Crippen LogP contribution in [0, 0.1) is 12.8 Å². The van der Waals surface area contributed by atoms with Crippen LogP contribution in [-0.4, -0.2) is 5.91 Å². The first-order valence-electron chi connectivity index (χ1n) is 7.04. The Morgan fingerprint density at radius 1 is 1.17 bits per heavy atom. The van der Waals surface area contributed by atoms with Gasteiger partial charge in [0.1, 0.15) is 0 Å². The topological polar surface area (TPSA) is 29.1 Å². The fraction of sp³-hybridized carbons (Fsp3) is 0.562. The Kier molecular flexibility index (Phi) is 4.40. The van der Waals surface area contributed by atoms with Crippen molar-refractivity contribution >= 4 is 5.91 Å². The number of aryl methyl sites for hydroxylation is 1. The minimum atomic E-state index is 0.111. The molecule has 1 aromatic rings. The number of hydrogen-bond donors (Lipinski definition) is 1. The number of nitrogens with one attached hydrogen (secondary N) is 1. The van der Waals surface area contributed by atoms with Crippen molar-refractivity contribution in [3.8, 4) is 0 Å². The van der Waals surface area contributed by atoms with Gasteiger partial charge in [-0.2, -0.15) is 0 Å². The number of benzene rings is 1. The van der Waals surface area contributed by atoms with Crippen LogP contribution in [0.3, 0.4) is 0 Å². The van der Waals surface area contributed by atoms with E-state index in [4.69, 9.17) is 0 Å². The zero-order valence-corrected chi connectivity index (χ0v) is 11.4. The third kappa shape index (κ3) is 3.34. The van der Waals surface area contributed by atoms with Crippen LogP contribution in [0.4, 0.5) is 0 Å². The van der Waals surface area contributed by atoms with Gasteiger partial charge in [-0.1, -0.05) is 49.1 Å². The summed E-state index contributed by atoms with van der Waals surface area (Å²) in [5, 5.41) is 3.15. The van der Waals surface area contributed by atoms with Crippen LogP contribution in [-0.2, 0) is 4.79 Å². The zero-order chi connectivity index (χ0) is 13.0. The fourth-order valence-electron chi connectivity index (χ4n) is 2.63. The van der Waals surface area contributed by atoms with E-state index in [1.54, 1.807) is 0 Å². The van der Waals surface area contributed by atoms with Crippen molar-refractivity contribution in [3.63, 3.8) is 0 Å². The Balaban J connectivity index is 1.91. The van der Waals surface area contributed by atoms with Crippen LogP contribution in [0.2, 0.25) is 0 Å². The van der Waals surface area contributed by atoms with Crippen LogP contribution in [0.25, 0.3) is 0 Å². The van der Waals surface area contributed by atoms with Crippen LogP contribution in [0.5, 0.6) is 0 Å². The van der Waals surface area contributed by atoms with E-state index in [1.807, 2.05) is 0 Å². The lowest BCUT2D eigenvalue weighted by atomic mass is 9.88. The summed E-state index contributed by atoms with van der Waals surface area (Å²) in [7, 11) is 0. The molecule has 1 fully saturated rings. The summed E-state index contributed by atoms with van der Waals surface area (Å²) < 4.78 is 0. The van der Waals surface area contributed by atoms with Crippen LogP contribution in [0.15, 0.2) is 24.3 Å². The van der Waals surface area contributed by atoms with Gasteiger partial charge in [-0.15, -0.1) is 0 Å². The largest absolute Gasteiger partial charge is 0.349 e. The van der Waals surface area contributed by atoms with Gasteiger partial charge in [0.05, 0.1) is 6.04 Å². The molecule has 0 unspecified atom stereocenters. The molecule has 2 nitrogen and oxygen atoms in total. The molecule has 1 aromatic carbocycles. The molecule has 0 heterocycles. The Morgan fingerprint density at radius 2 is 1.78 bits per heavy atom. The summed E-state index contributed by atoms with van der Waals surface area (Å²) in [6, 6.07) is 8.50. The Labute approximate surface area is 110 Å². The molecule has 2 heteroatoms. The monoisotopic (exact) mass is 245 g/mol. The molecular weight excluding hydrogens is 222 g/mol. The quantitative estimate of drug-likeness (QED) is 0.863. The average molecular weight is 245 g/mol. The molecule has 0 saturated heterocycles. The van der Waals surface area contributed by atoms with E-state index in [9.17, 15) is 4.79 Å². The number of rotatable bonds is 3. The van der Waals surface area contributed by atoms with Crippen molar-refractivity contribution in [2.75, 3.05) is 0 Å². The van der Waals surface area contributed by atoms with Crippen LogP contribution >= 0.6 is 0 Å². The second kappa shape index (κ2) is 6.03. The lowest BCUT2D eigenvalue weighted by Gasteiger charge is -2.23.